The molecule has 1 aliphatic heterocycles. The number of non-ortho nitro benzene ring substituents is 1. The van der Waals surface area contributed by atoms with E-state index in [9.17, 15) is 14.9 Å². The first-order valence-electron chi connectivity index (χ1n) is 8.24. The monoisotopic (exact) mass is 490 g/mol. The Balaban J connectivity index is 1.56. The van der Waals surface area contributed by atoms with Crippen molar-refractivity contribution in [1.29, 1.82) is 0 Å². The highest BCUT2D eigenvalue weighted by atomic mass is 79.9. The van der Waals surface area contributed by atoms with Gasteiger partial charge in [0.15, 0.2) is 0 Å². The van der Waals surface area contributed by atoms with Gasteiger partial charge < -0.3 is 8.83 Å². The number of carbonyl (C=O) groups is 1. The lowest BCUT2D eigenvalue weighted by atomic mass is 10.1. The van der Waals surface area contributed by atoms with Crippen LogP contribution in [0.15, 0.2) is 66.9 Å². The fraction of sp³-hybridized carbons (Fsp3) is 0.0526. The topological polar surface area (TPSA) is 89.7 Å². The minimum Gasteiger partial charge on any atom is -0.467 e. The van der Waals surface area contributed by atoms with Gasteiger partial charge in [0.1, 0.15) is 21.6 Å². The van der Waals surface area contributed by atoms with Crippen LogP contribution in [0.3, 0.4) is 0 Å². The number of thiocarbonyl (C=S) groups is 1. The third kappa shape index (κ3) is 4.04. The summed E-state index contributed by atoms with van der Waals surface area (Å²) in [5.74, 6) is 1.42. The van der Waals surface area contributed by atoms with E-state index < -0.39 is 4.92 Å². The van der Waals surface area contributed by atoms with Gasteiger partial charge in [-0.25, -0.2) is 0 Å². The van der Waals surface area contributed by atoms with Crippen molar-refractivity contribution in [2.45, 2.75) is 6.54 Å². The number of benzene rings is 1. The number of carbonyl (C=O) groups excluding carboxylic acids is 1. The Hall–Kier alpha value is -2.69. The predicted molar refractivity (Wildman–Crippen MR) is 116 cm³/mol. The van der Waals surface area contributed by atoms with Crippen LogP contribution in [0.2, 0.25) is 0 Å². The molecule has 146 valence electrons. The van der Waals surface area contributed by atoms with Crippen LogP contribution >= 0.6 is 39.9 Å². The minimum atomic E-state index is -0.465. The summed E-state index contributed by atoms with van der Waals surface area (Å²) < 4.78 is 12.1. The molecule has 0 aliphatic carbocycles. The van der Waals surface area contributed by atoms with Gasteiger partial charge in [-0.1, -0.05) is 24.0 Å². The summed E-state index contributed by atoms with van der Waals surface area (Å²) in [5, 5.41) is 10.9. The molecule has 0 N–H and O–H groups in total. The molecule has 0 bridgehead atoms. The van der Waals surface area contributed by atoms with Crippen molar-refractivity contribution >= 4 is 61.9 Å². The molecule has 0 spiro atoms. The van der Waals surface area contributed by atoms with Crippen LogP contribution < -0.4 is 0 Å². The molecule has 2 aromatic heterocycles. The average molecular weight is 491 g/mol. The highest BCUT2D eigenvalue weighted by Crippen LogP contribution is 2.36. The highest BCUT2D eigenvalue weighted by Gasteiger charge is 2.32. The van der Waals surface area contributed by atoms with E-state index in [1.807, 2.05) is 0 Å². The molecule has 3 aromatic rings. The number of nitro groups is 1. The molecule has 0 radical (unpaired) electrons. The molecule has 0 saturated carbocycles. The molecular weight excluding hydrogens is 480 g/mol. The van der Waals surface area contributed by atoms with Crippen LogP contribution in [0, 0.1) is 10.1 Å². The first-order chi connectivity index (χ1) is 13.9. The van der Waals surface area contributed by atoms with Crippen LogP contribution in [0.25, 0.3) is 17.4 Å². The number of hydrogen-bond acceptors (Lipinski definition) is 7. The molecule has 1 saturated heterocycles. The van der Waals surface area contributed by atoms with E-state index in [1.165, 1.54) is 28.8 Å². The Labute approximate surface area is 182 Å². The summed E-state index contributed by atoms with van der Waals surface area (Å²) in [6.07, 6.45) is 3.17. The van der Waals surface area contributed by atoms with E-state index in [4.69, 9.17) is 21.1 Å². The molecule has 7 nitrogen and oxygen atoms in total. The lowest BCUT2D eigenvalue weighted by Gasteiger charge is -2.11. The van der Waals surface area contributed by atoms with Gasteiger partial charge in [-0.3, -0.25) is 19.8 Å². The van der Waals surface area contributed by atoms with Gasteiger partial charge in [0, 0.05) is 28.2 Å². The molecule has 1 fully saturated rings. The normalized spacial score (nSPS) is 15.5. The SMILES string of the molecule is O=C1/C(=C/c2ccc(-c3ccc([N+](=O)[O-])cc3Br)o2)SC(=S)N1Cc1ccco1. The zero-order valence-corrected chi connectivity index (χ0v) is 17.8. The highest BCUT2D eigenvalue weighted by molar-refractivity contribution is 9.10. The van der Waals surface area contributed by atoms with Crippen LogP contribution in [-0.2, 0) is 11.3 Å². The van der Waals surface area contributed by atoms with Crippen molar-refractivity contribution in [3.63, 3.8) is 0 Å². The number of amides is 1. The molecule has 0 atom stereocenters. The second-order valence-corrected chi connectivity index (χ2v) is 8.50. The Bertz CT molecular complexity index is 1150. The average Bonchev–Trinajstić information content (AvgIpc) is 3.41. The van der Waals surface area contributed by atoms with E-state index in [0.29, 0.717) is 36.5 Å². The van der Waals surface area contributed by atoms with Crippen molar-refractivity contribution in [3.05, 3.63) is 79.7 Å². The molecule has 4 rings (SSSR count). The smallest absolute Gasteiger partial charge is 0.270 e. The van der Waals surface area contributed by atoms with Gasteiger partial charge >= 0.3 is 0 Å². The number of thioether (sulfide) groups is 1. The van der Waals surface area contributed by atoms with Crippen LogP contribution in [0.5, 0.6) is 0 Å². The Morgan fingerprint density at radius 2 is 2.10 bits per heavy atom. The summed E-state index contributed by atoms with van der Waals surface area (Å²) in [6, 6.07) is 11.4. The summed E-state index contributed by atoms with van der Waals surface area (Å²) in [6.45, 7) is 0.272. The third-order valence-electron chi connectivity index (χ3n) is 4.10. The van der Waals surface area contributed by atoms with E-state index in [2.05, 4.69) is 15.9 Å². The van der Waals surface area contributed by atoms with Gasteiger partial charge in [0.25, 0.3) is 11.6 Å². The summed E-state index contributed by atoms with van der Waals surface area (Å²) in [4.78, 5) is 25.0. The second-order valence-electron chi connectivity index (χ2n) is 5.97. The van der Waals surface area contributed by atoms with Crippen LogP contribution in [-0.4, -0.2) is 20.1 Å². The quantitative estimate of drug-likeness (QED) is 0.198. The fourth-order valence-electron chi connectivity index (χ4n) is 2.72. The number of rotatable bonds is 5. The second kappa shape index (κ2) is 7.97. The number of hydrogen-bond donors (Lipinski definition) is 0. The lowest BCUT2D eigenvalue weighted by molar-refractivity contribution is -0.384. The van der Waals surface area contributed by atoms with E-state index >= 15 is 0 Å². The molecule has 1 amide bonds. The standard InChI is InChI=1S/C19H11BrN2O5S2/c20-15-8-11(22(24)25)3-5-14(15)16-6-4-12(27-16)9-17-18(23)21(19(28)29-17)10-13-2-1-7-26-13/h1-9H,10H2/b17-9-. The van der Waals surface area contributed by atoms with Gasteiger partial charge in [-0.05, 0) is 46.3 Å². The maximum Gasteiger partial charge on any atom is 0.270 e. The molecule has 0 unspecified atom stereocenters. The molecule has 3 heterocycles. The largest absolute Gasteiger partial charge is 0.467 e. The van der Waals surface area contributed by atoms with Crippen LogP contribution in [0.4, 0.5) is 5.69 Å². The summed E-state index contributed by atoms with van der Waals surface area (Å²) in [5.41, 5.74) is 0.647. The predicted octanol–water partition coefficient (Wildman–Crippen LogP) is 5.61. The summed E-state index contributed by atoms with van der Waals surface area (Å²) in [7, 11) is 0. The summed E-state index contributed by atoms with van der Waals surface area (Å²) >= 11 is 9.84. The zero-order chi connectivity index (χ0) is 20.5. The van der Waals surface area contributed by atoms with Gasteiger partial charge in [0.05, 0.1) is 22.6 Å². The molecule has 10 heteroatoms. The molecule has 29 heavy (non-hydrogen) atoms. The van der Waals surface area contributed by atoms with E-state index in [0.717, 1.165) is 0 Å². The number of halogens is 1. The van der Waals surface area contributed by atoms with Crippen molar-refractivity contribution in [1.82, 2.24) is 4.90 Å². The third-order valence-corrected chi connectivity index (χ3v) is 6.13. The van der Waals surface area contributed by atoms with Gasteiger partial charge in [-0.2, -0.15) is 0 Å². The fourth-order valence-corrected chi connectivity index (χ4v) is 4.51. The van der Waals surface area contributed by atoms with Crippen molar-refractivity contribution in [2.24, 2.45) is 0 Å². The number of furan rings is 2. The molecule has 1 aliphatic rings. The molecular formula is C19H11BrN2O5S2. The Kier molecular flexibility index (Phi) is 5.39. The number of nitro benzene ring substituents is 1. The van der Waals surface area contributed by atoms with Gasteiger partial charge in [0.2, 0.25) is 0 Å². The Morgan fingerprint density at radius 3 is 2.79 bits per heavy atom. The van der Waals surface area contributed by atoms with Gasteiger partial charge in [-0.15, -0.1) is 0 Å². The van der Waals surface area contributed by atoms with Crippen LogP contribution in [0.1, 0.15) is 11.5 Å². The molecule has 1 aromatic carbocycles. The minimum absolute atomic E-state index is 0.0207. The first-order valence-corrected chi connectivity index (χ1v) is 10.3. The van der Waals surface area contributed by atoms with Crippen molar-refractivity contribution in [3.8, 4) is 11.3 Å². The lowest BCUT2D eigenvalue weighted by Crippen LogP contribution is -2.27. The first kappa shape index (κ1) is 19.6. The van der Waals surface area contributed by atoms with Crippen molar-refractivity contribution in [2.75, 3.05) is 0 Å². The Morgan fingerprint density at radius 1 is 1.28 bits per heavy atom. The van der Waals surface area contributed by atoms with E-state index in [1.54, 1.807) is 42.7 Å². The number of nitrogens with zero attached hydrogens (tertiary/aromatic N) is 2. The van der Waals surface area contributed by atoms with E-state index in [-0.39, 0.29) is 18.1 Å². The maximum absolute atomic E-state index is 12.7. The zero-order valence-electron chi connectivity index (χ0n) is 14.5. The van der Waals surface area contributed by atoms with Crippen molar-refractivity contribution < 1.29 is 18.6 Å². The maximum atomic E-state index is 12.7.